The van der Waals surface area contributed by atoms with Crippen LogP contribution in [-0.4, -0.2) is 25.0 Å². The summed E-state index contributed by atoms with van der Waals surface area (Å²) in [6.45, 7) is 3.82. The number of ether oxygens (including phenoxy) is 2. The van der Waals surface area contributed by atoms with Crippen LogP contribution in [0.4, 0.5) is 0 Å². The Labute approximate surface area is 143 Å². The fourth-order valence-electron chi connectivity index (χ4n) is 2.17. The molecule has 0 aliphatic carbocycles. The lowest BCUT2D eigenvalue weighted by Gasteiger charge is -2.26. The van der Waals surface area contributed by atoms with E-state index in [4.69, 9.17) is 20.9 Å². The highest BCUT2D eigenvalue weighted by molar-refractivity contribution is 5.14. The van der Waals surface area contributed by atoms with Crippen LogP contribution in [0.15, 0.2) is 60.7 Å². The number of nitrogens with two attached hydrogens (primary N) is 2. The van der Waals surface area contributed by atoms with Crippen molar-refractivity contribution in [2.24, 2.45) is 11.5 Å². The Hall–Kier alpha value is -1.76. The maximum absolute atomic E-state index is 6.15. The van der Waals surface area contributed by atoms with E-state index >= 15 is 0 Å². The Kier molecular flexibility index (Phi) is 7.36. The van der Waals surface area contributed by atoms with Crippen molar-refractivity contribution in [3.63, 3.8) is 0 Å². The highest BCUT2D eigenvalue weighted by Crippen LogP contribution is 2.07. The van der Waals surface area contributed by atoms with Gasteiger partial charge in [0.15, 0.2) is 0 Å². The second-order valence-electron chi connectivity index (χ2n) is 6.05. The fraction of sp³-hybridized carbons (Fsp3) is 0.368. The lowest BCUT2D eigenvalue weighted by Crippen LogP contribution is -2.50. The lowest BCUT2D eigenvalue weighted by atomic mass is 10.2. The Morgan fingerprint density at radius 3 is 2.08 bits per heavy atom. The van der Waals surface area contributed by atoms with Gasteiger partial charge < -0.3 is 26.3 Å². The van der Waals surface area contributed by atoms with E-state index < -0.39 is 12.0 Å². The minimum Gasteiger partial charge on any atom is -0.358 e. The number of benzene rings is 2. The van der Waals surface area contributed by atoms with E-state index in [-0.39, 0.29) is 0 Å². The van der Waals surface area contributed by atoms with Crippen molar-refractivity contribution < 1.29 is 9.47 Å². The highest BCUT2D eigenvalue weighted by atomic mass is 16.5. The van der Waals surface area contributed by atoms with Gasteiger partial charge in [-0.2, -0.15) is 0 Å². The SMILES string of the molecule is CC(N)(CNCC(N)OCc1ccccc1)OCc1ccccc1. The molecule has 0 fully saturated rings. The van der Waals surface area contributed by atoms with Gasteiger partial charge in [0.2, 0.25) is 0 Å². The molecule has 5 heteroatoms. The van der Waals surface area contributed by atoms with Gasteiger partial charge in [0, 0.05) is 13.1 Å². The standard InChI is InChI=1S/C19H27N3O2/c1-19(21,24-14-17-10-6-3-7-11-17)15-22-12-18(20)23-13-16-8-4-2-5-9-16/h2-11,18,22H,12-15,20-21H2,1H3. The molecule has 2 unspecified atom stereocenters. The van der Waals surface area contributed by atoms with Crippen LogP contribution in [0.2, 0.25) is 0 Å². The molecule has 0 bridgehead atoms. The van der Waals surface area contributed by atoms with Crippen molar-refractivity contribution in [1.82, 2.24) is 5.32 Å². The topological polar surface area (TPSA) is 82.5 Å². The molecular formula is C19H27N3O2. The maximum Gasteiger partial charge on any atom is 0.126 e. The third-order valence-corrected chi connectivity index (χ3v) is 3.54. The number of rotatable bonds is 10. The molecule has 0 aliphatic rings. The lowest BCUT2D eigenvalue weighted by molar-refractivity contribution is -0.0401. The van der Waals surface area contributed by atoms with Gasteiger partial charge in [-0.25, -0.2) is 0 Å². The zero-order valence-corrected chi connectivity index (χ0v) is 14.2. The largest absolute Gasteiger partial charge is 0.358 e. The van der Waals surface area contributed by atoms with Crippen LogP contribution in [0.3, 0.4) is 0 Å². The summed E-state index contributed by atoms with van der Waals surface area (Å²) in [5.41, 5.74) is 13.5. The first-order valence-electron chi connectivity index (χ1n) is 8.14. The van der Waals surface area contributed by atoms with Crippen LogP contribution in [0.5, 0.6) is 0 Å². The Morgan fingerprint density at radius 1 is 0.958 bits per heavy atom. The third kappa shape index (κ3) is 7.21. The van der Waals surface area contributed by atoms with E-state index in [0.29, 0.717) is 26.3 Å². The molecule has 5 N–H and O–H groups in total. The molecule has 2 aromatic carbocycles. The number of hydrogen-bond acceptors (Lipinski definition) is 5. The predicted octanol–water partition coefficient (Wildman–Crippen LogP) is 1.97. The average Bonchev–Trinajstić information content (AvgIpc) is 2.60. The summed E-state index contributed by atoms with van der Waals surface area (Å²) in [6.07, 6.45) is -0.393. The minimum atomic E-state index is -0.769. The average molecular weight is 329 g/mol. The van der Waals surface area contributed by atoms with E-state index in [2.05, 4.69) is 5.32 Å². The van der Waals surface area contributed by atoms with Crippen LogP contribution < -0.4 is 16.8 Å². The first-order chi connectivity index (χ1) is 11.6. The summed E-state index contributed by atoms with van der Waals surface area (Å²) in [4.78, 5) is 0. The molecule has 0 aromatic heterocycles. The summed E-state index contributed by atoms with van der Waals surface area (Å²) in [5.74, 6) is 0. The molecule has 0 amide bonds. The first-order valence-corrected chi connectivity index (χ1v) is 8.14. The quantitative estimate of drug-likeness (QED) is 0.581. The minimum absolute atomic E-state index is 0.393. The second-order valence-corrected chi connectivity index (χ2v) is 6.05. The van der Waals surface area contributed by atoms with E-state index in [1.165, 1.54) is 0 Å². The smallest absolute Gasteiger partial charge is 0.126 e. The van der Waals surface area contributed by atoms with Gasteiger partial charge in [0.05, 0.1) is 13.2 Å². The molecule has 0 spiro atoms. The van der Waals surface area contributed by atoms with Crippen LogP contribution in [0.25, 0.3) is 0 Å². The van der Waals surface area contributed by atoms with E-state index in [1.54, 1.807) is 0 Å². The van der Waals surface area contributed by atoms with Crippen molar-refractivity contribution in [3.8, 4) is 0 Å². The van der Waals surface area contributed by atoms with Gasteiger partial charge >= 0.3 is 0 Å². The molecule has 24 heavy (non-hydrogen) atoms. The molecule has 0 heterocycles. The summed E-state index contributed by atoms with van der Waals surface area (Å²) >= 11 is 0. The molecule has 0 radical (unpaired) electrons. The van der Waals surface area contributed by atoms with E-state index in [1.807, 2.05) is 67.6 Å². The van der Waals surface area contributed by atoms with Crippen LogP contribution in [0.1, 0.15) is 18.1 Å². The monoisotopic (exact) mass is 329 g/mol. The Morgan fingerprint density at radius 2 is 1.50 bits per heavy atom. The van der Waals surface area contributed by atoms with E-state index in [9.17, 15) is 0 Å². The zero-order chi connectivity index (χ0) is 17.3. The zero-order valence-electron chi connectivity index (χ0n) is 14.2. The molecule has 2 atom stereocenters. The first kappa shape index (κ1) is 18.6. The summed E-state index contributed by atoms with van der Waals surface area (Å²) in [5, 5.41) is 3.20. The van der Waals surface area contributed by atoms with Gasteiger partial charge in [-0.15, -0.1) is 0 Å². The molecule has 2 rings (SSSR count). The van der Waals surface area contributed by atoms with Crippen molar-refractivity contribution in [1.29, 1.82) is 0 Å². The summed E-state index contributed by atoms with van der Waals surface area (Å²) in [6, 6.07) is 19.9. The molecule has 130 valence electrons. The number of hydrogen-bond donors (Lipinski definition) is 3. The van der Waals surface area contributed by atoms with Crippen LogP contribution in [-0.2, 0) is 22.7 Å². The molecule has 0 saturated heterocycles. The van der Waals surface area contributed by atoms with Crippen molar-refractivity contribution in [2.75, 3.05) is 13.1 Å². The second kappa shape index (κ2) is 9.52. The van der Waals surface area contributed by atoms with E-state index in [0.717, 1.165) is 11.1 Å². The summed E-state index contributed by atoms with van der Waals surface area (Å²) < 4.78 is 11.4. The van der Waals surface area contributed by atoms with Gasteiger partial charge in [0.1, 0.15) is 12.0 Å². The Bertz CT molecular complexity index is 576. The predicted molar refractivity (Wildman–Crippen MR) is 95.9 cm³/mol. The third-order valence-electron chi connectivity index (χ3n) is 3.54. The Balaban J connectivity index is 1.62. The number of nitrogens with one attached hydrogen (secondary N) is 1. The van der Waals surface area contributed by atoms with Gasteiger partial charge in [-0.3, -0.25) is 0 Å². The van der Waals surface area contributed by atoms with Crippen LogP contribution >= 0.6 is 0 Å². The normalized spacial score (nSPS) is 15.0. The van der Waals surface area contributed by atoms with Gasteiger partial charge in [0.25, 0.3) is 0 Å². The van der Waals surface area contributed by atoms with Crippen molar-refractivity contribution in [3.05, 3.63) is 71.8 Å². The molecule has 5 nitrogen and oxygen atoms in total. The van der Waals surface area contributed by atoms with Gasteiger partial charge in [-0.05, 0) is 18.1 Å². The molecule has 0 saturated carbocycles. The highest BCUT2D eigenvalue weighted by Gasteiger charge is 2.19. The molecule has 0 aliphatic heterocycles. The fourth-order valence-corrected chi connectivity index (χ4v) is 2.17. The summed E-state index contributed by atoms with van der Waals surface area (Å²) in [7, 11) is 0. The van der Waals surface area contributed by atoms with Crippen molar-refractivity contribution in [2.45, 2.75) is 32.1 Å². The van der Waals surface area contributed by atoms with Crippen molar-refractivity contribution >= 4 is 0 Å². The van der Waals surface area contributed by atoms with Crippen LogP contribution in [0, 0.1) is 0 Å². The maximum atomic E-state index is 6.15. The molecular weight excluding hydrogens is 302 g/mol. The van der Waals surface area contributed by atoms with Gasteiger partial charge in [-0.1, -0.05) is 60.7 Å². The molecule has 2 aromatic rings.